The molecule has 0 bridgehead atoms. The molecule has 3 nitrogen and oxygen atoms in total. The molecular weight excluding hydrogens is 374 g/mol. The normalized spacial score (nSPS) is 13.9. The molecule has 0 fully saturated rings. The van der Waals surface area contributed by atoms with Gasteiger partial charge in [0.1, 0.15) is 14.6 Å². The average Bonchev–Trinajstić information content (AvgIpc) is 2.69. The number of unbranched alkanes of at least 4 members (excludes halogenated alkanes) is 1. The lowest BCUT2D eigenvalue weighted by Crippen LogP contribution is -2.43. The summed E-state index contributed by atoms with van der Waals surface area (Å²) in [7, 11) is -1.55. The van der Waals surface area contributed by atoms with Crippen LogP contribution in [0.25, 0.3) is 0 Å². The summed E-state index contributed by atoms with van der Waals surface area (Å²) >= 11 is 0. The number of nitrogens with zero attached hydrogens (tertiary/aromatic N) is 1. The fraction of sp³-hybridized carbons (Fsp3) is 0.480. The first-order chi connectivity index (χ1) is 13.8. The zero-order valence-electron chi connectivity index (χ0n) is 18.7. The van der Waals surface area contributed by atoms with Crippen LogP contribution in [-0.4, -0.2) is 25.1 Å². The van der Waals surface area contributed by atoms with Gasteiger partial charge in [0.15, 0.2) is 0 Å². The van der Waals surface area contributed by atoms with Crippen LogP contribution in [0.15, 0.2) is 60.7 Å². The van der Waals surface area contributed by atoms with Gasteiger partial charge in [0.25, 0.3) is 0 Å². The van der Waals surface area contributed by atoms with Crippen LogP contribution in [0.2, 0.25) is 12.1 Å². The van der Waals surface area contributed by atoms with Gasteiger partial charge in [-0.3, -0.25) is 4.79 Å². The second-order valence-corrected chi connectivity index (χ2v) is 11.8. The van der Waals surface area contributed by atoms with Gasteiger partial charge in [0, 0.05) is 12.6 Å². The van der Waals surface area contributed by atoms with E-state index >= 15 is 0 Å². The fourth-order valence-electron chi connectivity index (χ4n) is 3.70. The van der Waals surface area contributed by atoms with Gasteiger partial charge < -0.3 is 9.30 Å². The van der Waals surface area contributed by atoms with Gasteiger partial charge in [-0.2, -0.15) is 0 Å². The van der Waals surface area contributed by atoms with E-state index in [0.29, 0.717) is 6.04 Å². The topological polar surface area (TPSA) is 29.5 Å². The third-order valence-corrected chi connectivity index (χ3v) is 8.62. The lowest BCUT2D eigenvalue weighted by atomic mass is 10.1. The Kier molecular flexibility index (Phi) is 9.12. The van der Waals surface area contributed by atoms with E-state index in [1.54, 1.807) is 0 Å². The van der Waals surface area contributed by atoms with Gasteiger partial charge in [-0.15, -0.1) is 0 Å². The quantitative estimate of drug-likeness (QED) is 0.349. The molecule has 2 rings (SSSR count). The van der Waals surface area contributed by atoms with Crippen LogP contribution < -0.4 is 0 Å². The van der Waals surface area contributed by atoms with Crippen molar-refractivity contribution in [3.63, 3.8) is 0 Å². The van der Waals surface area contributed by atoms with E-state index in [2.05, 4.69) is 79.1 Å². The summed E-state index contributed by atoms with van der Waals surface area (Å²) in [4.78, 5) is 12.7. The molecule has 0 heterocycles. The van der Waals surface area contributed by atoms with E-state index < -0.39 is 14.6 Å². The van der Waals surface area contributed by atoms with Crippen LogP contribution in [0.4, 0.5) is 0 Å². The first-order valence-electron chi connectivity index (χ1n) is 10.9. The smallest absolute Gasteiger partial charge is 0.304 e. The molecule has 4 heteroatoms. The number of ether oxygens (including phenoxy) is 1. The van der Waals surface area contributed by atoms with Crippen molar-refractivity contribution in [2.24, 2.45) is 0 Å². The van der Waals surface area contributed by atoms with Crippen molar-refractivity contribution in [3.05, 3.63) is 71.8 Å². The summed E-state index contributed by atoms with van der Waals surface area (Å²) in [6.07, 6.45) is 2.31. The van der Waals surface area contributed by atoms with E-state index in [1.807, 2.05) is 20.8 Å². The predicted molar refractivity (Wildman–Crippen MR) is 124 cm³/mol. The van der Waals surface area contributed by atoms with Gasteiger partial charge in [0.2, 0.25) is 0 Å². The second kappa shape index (κ2) is 11.3. The molecule has 29 heavy (non-hydrogen) atoms. The van der Waals surface area contributed by atoms with Crippen LogP contribution in [0, 0.1) is 0 Å². The van der Waals surface area contributed by atoms with Crippen LogP contribution in [0.1, 0.15) is 64.6 Å². The molecule has 0 N–H and O–H groups in total. The van der Waals surface area contributed by atoms with Crippen LogP contribution in [-0.2, 0) is 16.1 Å². The summed E-state index contributed by atoms with van der Waals surface area (Å²) in [5.74, 6) is -0.0522. The zero-order valence-corrected chi connectivity index (χ0v) is 19.9. The molecule has 0 aromatic heterocycles. The summed E-state index contributed by atoms with van der Waals surface area (Å²) in [6, 6.07) is 23.2. The van der Waals surface area contributed by atoms with E-state index in [4.69, 9.17) is 4.74 Å². The summed E-state index contributed by atoms with van der Waals surface area (Å²) in [5, 5.41) is 0. The maximum Gasteiger partial charge on any atom is 0.304 e. The minimum atomic E-state index is -1.55. The molecule has 158 valence electrons. The van der Waals surface area contributed by atoms with E-state index in [1.165, 1.54) is 11.1 Å². The van der Waals surface area contributed by atoms with Crippen molar-refractivity contribution in [1.29, 1.82) is 0 Å². The Morgan fingerprint density at radius 2 is 1.62 bits per heavy atom. The van der Waals surface area contributed by atoms with Crippen molar-refractivity contribution in [3.8, 4) is 0 Å². The number of carbonyl (C=O) groups is 1. The van der Waals surface area contributed by atoms with Gasteiger partial charge in [-0.25, -0.2) is 0 Å². The third kappa shape index (κ3) is 8.15. The Labute approximate surface area is 178 Å². The second-order valence-electron chi connectivity index (χ2n) is 8.83. The van der Waals surface area contributed by atoms with E-state index in [0.717, 1.165) is 25.4 Å². The first kappa shape index (κ1) is 23.4. The number of hydrogen-bond acceptors (Lipinski definition) is 3. The number of hydrogen-bond donors (Lipinski definition) is 0. The molecule has 0 aliphatic carbocycles. The standard InChI is InChI=1S/C25H37NO2Si/c1-6-7-18-29(20-24(27)28-25(3,4)5)26(19-22-14-10-8-11-15-22)21(2)23-16-12-9-13-17-23/h8-17,21,29H,6-7,18-20H2,1-5H3/t21-,29-/m0/s1. The van der Waals surface area contributed by atoms with Crippen LogP contribution in [0.5, 0.6) is 0 Å². The van der Waals surface area contributed by atoms with Crippen molar-refractivity contribution in [2.45, 2.75) is 77.7 Å². The molecule has 2 aromatic carbocycles. The molecule has 0 radical (unpaired) electrons. The molecule has 0 aliphatic heterocycles. The number of benzene rings is 2. The number of carbonyl (C=O) groups excluding carboxylic acids is 1. The molecule has 0 aliphatic rings. The van der Waals surface area contributed by atoms with Crippen molar-refractivity contribution >= 4 is 14.9 Å². The molecule has 0 saturated carbocycles. The van der Waals surface area contributed by atoms with Gasteiger partial charge in [0.05, 0.1) is 6.04 Å². The maximum atomic E-state index is 12.7. The summed E-state index contributed by atoms with van der Waals surface area (Å²) < 4.78 is 8.32. The van der Waals surface area contributed by atoms with Gasteiger partial charge in [-0.1, -0.05) is 80.4 Å². The summed E-state index contributed by atoms with van der Waals surface area (Å²) in [5.41, 5.74) is 2.17. The van der Waals surface area contributed by atoms with Crippen LogP contribution >= 0.6 is 0 Å². The molecular formula is C25H37NO2Si. The Balaban J connectivity index is 2.30. The molecule has 2 atom stereocenters. The SMILES string of the molecule is CCCC[Si@@H](CC(=O)OC(C)(C)C)N(Cc1ccccc1)[C@@H](C)c1ccccc1. The molecule has 0 saturated heterocycles. The monoisotopic (exact) mass is 411 g/mol. The maximum absolute atomic E-state index is 12.7. The van der Waals surface area contributed by atoms with Gasteiger partial charge >= 0.3 is 5.97 Å². The minimum Gasteiger partial charge on any atom is -0.460 e. The molecule has 0 unspecified atom stereocenters. The van der Waals surface area contributed by atoms with E-state index in [9.17, 15) is 4.79 Å². The summed E-state index contributed by atoms with van der Waals surface area (Å²) in [6.45, 7) is 11.2. The van der Waals surface area contributed by atoms with Crippen molar-refractivity contribution in [2.75, 3.05) is 0 Å². The highest BCUT2D eigenvalue weighted by Crippen LogP contribution is 2.27. The van der Waals surface area contributed by atoms with Crippen LogP contribution in [0.3, 0.4) is 0 Å². The first-order valence-corrected chi connectivity index (χ1v) is 13.0. The molecule has 0 spiro atoms. The Morgan fingerprint density at radius 1 is 1.03 bits per heavy atom. The van der Waals surface area contributed by atoms with E-state index in [-0.39, 0.29) is 12.0 Å². The predicted octanol–water partition coefficient (Wildman–Crippen LogP) is 6.12. The van der Waals surface area contributed by atoms with Gasteiger partial charge in [-0.05, 0) is 44.9 Å². The lowest BCUT2D eigenvalue weighted by molar-refractivity contribution is -0.152. The highest BCUT2D eigenvalue weighted by molar-refractivity contribution is 6.59. The average molecular weight is 412 g/mol. The van der Waals surface area contributed by atoms with Crippen molar-refractivity contribution < 1.29 is 9.53 Å². The fourth-order valence-corrected chi connectivity index (χ4v) is 7.09. The zero-order chi connectivity index (χ0) is 21.3. The Hall–Kier alpha value is -1.91. The Bertz CT molecular complexity index is 727. The number of rotatable bonds is 10. The molecule has 0 amide bonds. The largest absolute Gasteiger partial charge is 0.460 e. The Morgan fingerprint density at radius 3 is 2.17 bits per heavy atom. The molecule has 2 aromatic rings. The number of esters is 1. The lowest BCUT2D eigenvalue weighted by Gasteiger charge is -2.36. The minimum absolute atomic E-state index is 0.0522. The van der Waals surface area contributed by atoms with Crippen molar-refractivity contribution in [1.82, 2.24) is 4.57 Å². The third-order valence-electron chi connectivity index (χ3n) is 5.17. The highest BCUT2D eigenvalue weighted by Gasteiger charge is 2.29. The highest BCUT2D eigenvalue weighted by atomic mass is 28.3.